The highest BCUT2D eigenvalue weighted by molar-refractivity contribution is 6.36. The molecule has 2 atom stereocenters. The number of carbonyl (C=O) groups excluding carboxylic acids is 2. The van der Waals surface area contributed by atoms with Crippen LogP contribution in [0.15, 0.2) is 42.6 Å². The molecule has 10 nitrogen and oxygen atoms in total. The largest absolute Gasteiger partial charge is 0.481 e. The van der Waals surface area contributed by atoms with Gasteiger partial charge in [0, 0.05) is 62.0 Å². The molecule has 48 heavy (non-hydrogen) atoms. The summed E-state index contributed by atoms with van der Waals surface area (Å²) in [6, 6.07) is 11.1. The average Bonchev–Trinajstić information content (AvgIpc) is 3.67. The third-order valence-electron chi connectivity index (χ3n) is 10.5. The number of anilines is 1. The van der Waals surface area contributed by atoms with E-state index in [9.17, 15) is 19.5 Å². The molecule has 2 saturated heterocycles. The van der Waals surface area contributed by atoms with E-state index >= 15 is 0 Å². The fraction of sp³-hybridized carbons (Fsp3) is 0.528. The second-order valence-corrected chi connectivity index (χ2v) is 14.2. The molecule has 1 saturated carbocycles. The number of para-hydroxylation sites is 1. The van der Waals surface area contributed by atoms with Gasteiger partial charge in [0.1, 0.15) is 0 Å². The van der Waals surface area contributed by atoms with Gasteiger partial charge in [-0.2, -0.15) is 0 Å². The predicted octanol–water partition coefficient (Wildman–Crippen LogP) is 6.02. The number of aliphatic carboxylic acids is 1. The summed E-state index contributed by atoms with van der Waals surface area (Å²) in [5.41, 5.74) is 2.43. The molecular weight excluding hydrogens is 655 g/mol. The van der Waals surface area contributed by atoms with E-state index in [0.717, 1.165) is 43.3 Å². The van der Waals surface area contributed by atoms with Crippen molar-refractivity contribution < 1.29 is 29.0 Å². The van der Waals surface area contributed by atoms with Gasteiger partial charge in [0.2, 0.25) is 5.91 Å². The van der Waals surface area contributed by atoms with Crippen molar-refractivity contribution in [2.24, 2.45) is 13.0 Å². The summed E-state index contributed by atoms with van der Waals surface area (Å²) in [6.45, 7) is 2.85. The van der Waals surface area contributed by atoms with Crippen LogP contribution in [-0.2, 0) is 32.5 Å². The molecule has 2 N–H and O–H groups in total. The maximum absolute atomic E-state index is 14.0. The molecular formula is C36H44Cl2N4O6. The minimum absolute atomic E-state index is 0.000990. The lowest BCUT2D eigenvalue weighted by atomic mass is 9.87. The lowest BCUT2D eigenvalue weighted by Crippen LogP contribution is -2.45. The minimum atomic E-state index is -0.736. The maximum atomic E-state index is 14.0. The van der Waals surface area contributed by atoms with Crippen LogP contribution in [0.4, 0.5) is 5.69 Å². The second-order valence-electron chi connectivity index (χ2n) is 13.4. The molecule has 1 aromatic heterocycles. The maximum Gasteiger partial charge on any atom is 0.306 e. The number of piperidine rings is 1. The number of amides is 2. The van der Waals surface area contributed by atoms with Crippen molar-refractivity contribution >= 4 is 57.6 Å². The molecule has 0 bridgehead atoms. The van der Waals surface area contributed by atoms with E-state index in [4.69, 9.17) is 32.7 Å². The van der Waals surface area contributed by atoms with Crippen molar-refractivity contribution in [3.63, 3.8) is 0 Å². The molecule has 0 radical (unpaired) electrons. The Morgan fingerprint density at radius 3 is 2.42 bits per heavy atom. The first-order valence-electron chi connectivity index (χ1n) is 16.8. The highest BCUT2D eigenvalue weighted by atomic mass is 35.5. The van der Waals surface area contributed by atoms with Gasteiger partial charge in [-0.15, -0.1) is 0 Å². The highest BCUT2D eigenvalue weighted by Gasteiger charge is 2.40. The number of carboxylic acids is 1. The van der Waals surface area contributed by atoms with Crippen LogP contribution in [0.25, 0.3) is 10.9 Å². The third-order valence-corrected chi connectivity index (χ3v) is 11.1. The number of hydrogen-bond acceptors (Lipinski definition) is 6. The number of halogens is 2. The molecule has 3 fully saturated rings. The third kappa shape index (κ3) is 7.68. The number of benzene rings is 2. The molecule has 3 aromatic rings. The average molecular weight is 700 g/mol. The Hall–Kier alpha value is -3.15. The van der Waals surface area contributed by atoms with Gasteiger partial charge in [-0.25, -0.2) is 0 Å². The van der Waals surface area contributed by atoms with Gasteiger partial charge in [0.15, 0.2) is 0 Å². The normalized spacial score (nSPS) is 23.9. The summed E-state index contributed by atoms with van der Waals surface area (Å²) >= 11 is 13.4. The summed E-state index contributed by atoms with van der Waals surface area (Å²) in [5.74, 6) is -1.40. The van der Waals surface area contributed by atoms with Gasteiger partial charge in [-0.3, -0.25) is 19.3 Å². The molecule has 3 aliphatic rings. The Kier molecular flexibility index (Phi) is 11.0. The van der Waals surface area contributed by atoms with Crippen molar-refractivity contribution in [3.05, 3.63) is 63.8 Å². The van der Waals surface area contributed by atoms with Crippen molar-refractivity contribution in [2.45, 2.75) is 75.7 Å². The lowest BCUT2D eigenvalue weighted by Gasteiger charge is -2.35. The summed E-state index contributed by atoms with van der Waals surface area (Å²) in [7, 11) is 3.65. The number of carbonyl (C=O) groups is 3. The van der Waals surface area contributed by atoms with Crippen LogP contribution in [0.2, 0.25) is 10.0 Å². The monoisotopic (exact) mass is 698 g/mol. The smallest absolute Gasteiger partial charge is 0.306 e. The summed E-state index contributed by atoms with van der Waals surface area (Å²) in [6.07, 6.45) is 7.50. The van der Waals surface area contributed by atoms with Crippen molar-refractivity contribution in [1.29, 1.82) is 0 Å². The Morgan fingerprint density at radius 1 is 0.979 bits per heavy atom. The Bertz CT molecular complexity index is 1650. The topological polar surface area (TPSA) is 113 Å². The van der Waals surface area contributed by atoms with Crippen LogP contribution in [0, 0.1) is 5.92 Å². The number of nitrogens with one attached hydrogen (secondary N) is 1. The quantitative estimate of drug-likeness (QED) is 0.266. The van der Waals surface area contributed by atoms with Gasteiger partial charge in [0.05, 0.1) is 53.5 Å². The molecule has 2 amide bonds. The van der Waals surface area contributed by atoms with E-state index in [1.54, 1.807) is 25.4 Å². The summed E-state index contributed by atoms with van der Waals surface area (Å²) < 4.78 is 13.8. The molecule has 1 aliphatic carbocycles. The standard InChI is InChI=1S/C36H44Cl2N4O6/c1-40-20-29(28-5-3-4-6-33(28)40)35(44)39-32-18-30(37)23(15-31(32)38)16-34(43)42-19-24(41-13-11-26(47-2)12-14-41)17-25(42)21-48-27-9-7-22(8-10-27)36(45)46/h3-6,15,18,20,22,24-27H,7-14,16-17,19,21H2,1-2H3,(H,39,44)(H,45,46)/t22?,24-,25-,27?/m0/s1. The van der Waals surface area contributed by atoms with Crippen molar-refractivity contribution in [2.75, 3.05) is 38.7 Å². The first-order chi connectivity index (χ1) is 23.1. The summed E-state index contributed by atoms with van der Waals surface area (Å²) in [5, 5.41) is 13.7. The van der Waals surface area contributed by atoms with Gasteiger partial charge in [-0.1, -0.05) is 41.4 Å². The number of aromatic nitrogens is 1. The minimum Gasteiger partial charge on any atom is -0.481 e. The van der Waals surface area contributed by atoms with Crippen LogP contribution < -0.4 is 5.32 Å². The number of methoxy groups -OCH3 is 1. The van der Waals surface area contributed by atoms with Gasteiger partial charge >= 0.3 is 5.97 Å². The Labute approximate surface area is 291 Å². The number of fused-ring (bicyclic) bond motifs is 1. The van der Waals surface area contributed by atoms with Gasteiger partial charge in [-0.05, 0) is 68.7 Å². The van der Waals surface area contributed by atoms with Crippen LogP contribution in [0.1, 0.15) is 60.9 Å². The predicted molar refractivity (Wildman–Crippen MR) is 186 cm³/mol. The molecule has 258 valence electrons. The summed E-state index contributed by atoms with van der Waals surface area (Å²) in [4.78, 5) is 43.0. The Morgan fingerprint density at radius 2 is 1.71 bits per heavy atom. The van der Waals surface area contributed by atoms with E-state index in [-0.39, 0.29) is 48.4 Å². The fourth-order valence-electron chi connectivity index (χ4n) is 7.62. The number of rotatable bonds is 10. The van der Waals surface area contributed by atoms with E-state index in [1.807, 2.05) is 40.8 Å². The SMILES string of the molecule is COC1CCN([C@H]2C[C@@H](COC3CCC(C(=O)O)CC3)N(C(=O)Cc3cc(Cl)c(NC(=O)c4cn(C)c5ccccc45)cc3Cl)C2)CC1. The van der Waals surface area contributed by atoms with Crippen LogP contribution in [0.5, 0.6) is 0 Å². The van der Waals surface area contributed by atoms with Gasteiger partial charge < -0.3 is 29.4 Å². The molecule has 0 unspecified atom stereocenters. The van der Waals surface area contributed by atoms with Crippen LogP contribution >= 0.6 is 23.2 Å². The number of hydrogen-bond donors (Lipinski definition) is 2. The molecule has 12 heteroatoms. The zero-order chi connectivity index (χ0) is 33.9. The van der Waals surface area contributed by atoms with Crippen LogP contribution in [0.3, 0.4) is 0 Å². The molecule has 2 aliphatic heterocycles. The van der Waals surface area contributed by atoms with Crippen molar-refractivity contribution in [3.8, 4) is 0 Å². The second kappa shape index (κ2) is 15.2. The van der Waals surface area contributed by atoms with E-state index in [1.165, 1.54) is 0 Å². The zero-order valence-corrected chi connectivity index (χ0v) is 29.0. The first-order valence-corrected chi connectivity index (χ1v) is 17.6. The molecule has 3 heterocycles. The molecule has 6 rings (SSSR count). The molecule has 0 spiro atoms. The van der Waals surface area contributed by atoms with Crippen molar-refractivity contribution in [1.82, 2.24) is 14.4 Å². The zero-order valence-electron chi connectivity index (χ0n) is 27.5. The van der Waals surface area contributed by atoms with Crippen LogP contribution in [-0.4, -0.2) is 94.9 Å². The number of ether oxygens (including phenoxy) is 2. The highest BCUT2D eigenvalue weighted by Crippen LogP contribution is 2.33. The van der Waals surface area contributed by atoms with E-state index in [0.29, 0.717) is 65.7 Å². The number of nitrogens with zero attached hydrogens (tertiary/aromatic N) is 3. The number of aryl methyl sites for hydroxylation is 1. The number of likely N-dealkylation sites (tertiary alicyclic amines) is 2. The lowest BCUT2D eigenvalue weighted by molar-refractivity contribution is -0.144. The van der Waals surface area contributed by atoms with E-state index < -0.39 is 5.97 Å². The fourth-order valence-corrected chi connectivity index (χ4v) is 8.08. The number of carboxylic acid groups (broad SMARTS) is 1. The Balaban J connectivity index is 1.13. The molecule has 2 aromatic carbocycles. The van der Waals surface area contributed by atoms with Gasteiger partial charge in [0.25, 0.3) is 5.91 Å². The first kappa shape index (κ1) is 34.7. The van der Waals surface area contributed by atoms with E-state index in [2.05, 4.69) is 10.2 Å².